The van der Waals surface area contributed by atoms with Gasteiger partial charge in [0.15, 0.2) is 6.80 Å². The van der Waals surface area contributed by atoms with E-state index in [1.54, 1.807) is 19.5 Å². The molecule has 0 fully saturated rings. The minimum absolute atomic E-state index is 0.437. The van der Waals surface area contributed by atoms with Crippen molar-refractivity contribution in [3.8, 4) is 17.0 Å². The topological polar surface area (TPSA) is 39.9 Å². The zero-order chi connectivity index (χ0) is 18.0. The summed E-state index contributed by atoms with van der Waals surface area (Å²) < 4.78 is 19.5. The quantitative estimate of drug-likeness (QED) is 0.658. The van der Waals surface area contributed by atoms with Crippen molar-refractivity contribution < 1.29 is 9.13 Å². The summed E-state index contributed by atoms with van der Waals surface area (Å²) in [5.74, 6) is 0.668. The maximum Gasteiger partial charge on any atom is 0.181 e. The predicted molar refractivity (Wildman–Crippen MR) is 102 cm³/mol. The van der Waals surface area contributed by atoms with Crippen molar-refractivity contribution in [2.24, 2.45) is 0 Å². The first-order chi connectivity index (χ1) is 12.0. The molecule has 0 radical (unpaired) electrons. The SMILES string of the molecule is BC(B)(c1cnn(CF)c1)c1ccc(OC)c(-c2cccc(Cl)c2)n1. The molecule has 0 spiro atoms. The highest BCUT2D eigenvalue weighted by Gasteiger charge is 2.27. The number of ether oxygens (including phenoxy) is 1. The monoisotopic (exact) mass is 355 g/mol. The molecule has 3 rings (SSSR count). The Balaban J connectivity index is 2.10. The van der Waals surface area contributed by atoms with Crippen LogP contribution < -0.4 is 4.74 Å². The van der Waals surface area contributed by atoms with Crippen LogP contribution in [0.25, 0.3) is 11.3 Å². The molecular weight excluding hydrogens is 338 g/mol. The van der Waals surface area contributed by atoms with Gasteiger partial charge in [0, 0.05) is 22.5 Å². The Bertz CT molecular complexity index is 901. The minimum Gasteiger partial charge on any atom is -0.494 e. The van der Waals surface area contributed by atoms with Crippen LogP contribution in [0.1, 0.15) is 11.3 Å². The van der Waals surface area contributed by atoms with Crippen molar-refractivity contribution in [2.45, 2.75) is 12.0 Å². The molecule has 0 amide bonds. The van der Waals surface area contributed by atoms with Crippen LogP contribution in [0.2, 0.25) is 5.02 Å². The van der Waals surface area contributed by atoms with Gasteiger partial charge >= 0.3 is 0 Å². The number of hydrogen-bond acceptors (Lipinski definition) is 3. The lowest BCUT2D eigenvalue weighted by molar-refractivity contribution is 0.349. The fraction of sp³-hybridized carbons (Fsp3) is 0.176. The molecule has 0 unspecified atom stereocenters. The molecule has 0 aliphatic heterocycles. The highest BCUT2D eigenvalue weighted by Crippen LogP contribution is 2.33. The molecule has 1 aromatic carbocycles. The van der Waals surface area contributed by atoms with Gasteiger partial charge in [0.1, 0.15) is 27.1 Å². The summed E-state index contributed by atoms with van der Waals surface area (Å²) >= 11 is 6.12. The van der Waals surface area contributed by atoms with E-state index in [0.29, 0.717) is 16.5 Å². The highest BCUT2D eigenvalue weighted by molar-refractivity contribution is 6.42. The molecule has 0 atom stereocenters. The Morgan fingerprint density at radius 1 is 1.28 bits per heavy atom. The van der Waals surface area contributed by atoms with E-state index in [9.17, 15) is 4.39 Å². The lowest BCUT2D eigenvalue weighted by Gasteiger charge is -2.24. The van der Waals surface area contributed by atoms with Gasteiger partial charge in [-0.2, -0.15) is 5.10 Å². The number of nitrogens with zero attached hydrogens (tertiary/aromatic N) is 3. The zero-order valence-corrected chi connectivity index (χ0v) is 15.1. The molecule has 0 bridgehead atoms. The number of methoxy groups -OCH3 is 1. The number of rotatable bonds is 5. The number of benzene rings is 1. The van der Waals surface area contributed by atoms with E-state index in [-0.39, 0.29) is 0 Å². The van der Waals surface area contributed by atoms with E-state index in [4.69, 9.17) is 21.3 Å². The van der Waals surface area contributed by atoms with Gasteiger partial charge in [-0.05, 0) is 35.0 Å². The maximum atomic E-state index is 12.8. The zero-order valence-electron chi connectivity index (χ0n) is 14.3. The molecule has 126 valence electrons. The second-order valence-electron chi connectivity index (χ2n) is 6.27. The first kappa shape index (κ1) is 17.5. The Labute approximate surface area is 152 Å². The van der Waals surface area contributed by atoms with Crippen LogP contribution in [0.3, 0.4) is 0 Å². The first-order valence-electron chi connectivity index (χ1n) is 7.86. The van der Waals surface area contributed by atoms with E-state index in [1.807, 2.05) is 52.1 Å². The average molecular weight is 355 g/mol. The van der Waals surface area contributed by atoms with Crippen molar-refractivity contribution in [1.29, 1.82) is 0 Å². The summed E-state index contributed by atoms with van der Waals surface area (Å²) in [5, 5.41) is 4.22. The Hall–Kier alpha value is -2.27. The molecule has 25 heavy (non-hydrogen) atoms. The van der Waals surface area contributed by atoms with E-state index < -0.39 is 12.0 Å². The van der Waals surface area contributed by atoms with Crippen LogP contribution in [0, 0.1) is 0 Å². The molecule has 0 aliphatic rings. The molecule has 3 aromatic rings. The molecule has 0 saturated carbocycles. The molecule has 0 N–H and O–H groups in total. The number of hydrogen-bond donors (Lipinski definition) is 0. The van der Waals surface area contributed by atoms with Crippen molar-refractivity contribution in [2.75, 3.05) is 7.11 Å². The summed E-state index contributed by atoms with van der Waals surface area (Å²) in [6, 6.07) is 11.3. The first-order valence-corrected chi connectivity index (χ1v) is 8.24. The Morgan fingerprint density at radius 3 is 2.72 bits per heavy atom. The summed E-state index contributed by atoms with van der Waals surface area (Å²) in [6.45, 7) is -0.653. The van der Waals surface area contributed by atoms with E-state index >= 15 is 0 Å². The fourth-order valence-corrected chi connectivity index (χ4v) is 2.89. The van der Waals surface area contributed by atoms with Crippen molar-refractivity contribution in [1.82, 2.24) is 14.8 Å². The van der Waals surface area contributed by atoms with Gasteiger partial charge in [0.25, 0.3) is 0 Å². The third-order valence-corrected chi connectivity index (χ3v) is 4.53. The largest absolute Gasteiger partial charge is 0.494 e. The molecular formula is C17H17B2ClFN3O. The summed E-state index contributed by atoms with van der Waals surface area (Å²) in [6.07, 6.45) is 3.37. The number of aromatic nitrogens is 3. The lowest BCUT2D eigenvalue weighted by atomic mass is 9.50. The molecule has 0 saturated heterocycles. The minimum atomic E-state index is -0.653. The maximum absolute atomic E-state index is 12.8. The molecule has 4 nitrogen and oxygen atoms in total. The summed E-state index contributed by atoms with van der Waals surface area (Å²) in [7, 11) is 5.67. The van der Waals surface area contributed by atoms with Crippen LogP contribution in [0.15, 0.2) is 48.8 Å². The van der Waals surface area contributed by atoms with Crippen LogP contribution in [-0.4, -0.2) is 37.6 Å². The number of alkyl halides is 1. The van der Waals surface area contributed by atoms with Gasteiger partial charge in [-0.15, -0.1) is 0 Å². The molecule has 8 heteroatoms. The van der Waals surface area contributed by atoms with Crippen molar-refractivity contribution in [3.63, 3.8) is 0 Å². The van der Waals surface area contributed by atoms with E-state index in [1.165, 1.54) is 4.68 Å². The van der Waals surface area contributed by atoms with Gasteiger partial charge in [0.2, 0.25) is 0 Å². The molecule has 2 aromatic heterocycles. The highest BCUT2D eigenvalue weighted by atomic mass is 35.5. The van der Waals surface area contributed by atoms with Gasteiger partial charge in [0.05, 0.1) is 13.3 Å². The third kappa shape index (κ3) is 3.42. The average Bonchev–Trinajstić information content (AvgIpc) is 3.11. The fourth-order valence-electron chi connectivity index (χ4n) is 2.70. The summed E-state index contributed by atoms with van der Waals surface area (Å²) in [5.41, 5.74) is 3.32. The molecule has 0 aliphatic carbocycles. The molecule has 2 heterocycles. The predicted octanol–water partition coefficient (Wildman–Crippen LogP) is 2.00. The smallest absolute Gasteiger partial charge is 0.181 e. The van der Waals surface area contributed by atoms with Gasteiger partial charge in [-0.3, -0.25) is 0 Å². The normalized spacial score (nSPS) is 11.5. The Morgan fingerprint density at radius 2 is 2.08 bits per heavy atom. The Kier molecular flexibility index (Phi) is 4.86. The van der Waals surface area contributed by atoms with Crippen LogP contribution in [0.4, 0.5) is 4.39 Å². The van der Waals surface area contributed by atoms with Crippen LogP contribution >= 0.6 is 11.6 Å². The van der Waals surface area contributed by atoms with Crippen molar-refractivity contribution in [3.05, 3.63) is 65.1 Å². The second kappa shape index (κ2) is 6.92. The number of halogens is 2. The van der Waals surface area contributed by atoms with E-state index in [2.05, 4.69) is 5.10 Å². The van der Waals surface area contributed by atoms with Gasteiger partial charge in [-0.25, -0.2) is 14.1 Å². The second-order valence-corrected chi connectivity index (χ2v) is 6.71. The van der Waals surface area contributed by atoms with Crippen LogP contribution in [-0.2, 0) is 12.0 Å². The number of pyridine rings is 1. The lowest BCUT2D eigenvalue weighted by Crippen LogP contribution is -2.29. The van der Waals surface area contributed by atoms with Crippen molar-refractivity contribution >= 4 is 27.3 Å². The standard InChI is InChI=1S/C17H17B2ClFN3O/c1-25-14-5-6-15(17(18,19)12-8-22-24(9-12)10-21)23-16(14)11-3-2-4-13(20)7-11/h2-9H,10,18-19H2,1H3. The third-order valence-electron chi connectivity index (χ3n) is 4.29. The van der Waals surface area contributed by atoms with Gasteiger partial charge in [-0.1, -0.05) is 23.7 Å². The van der Waals surface area contributed by atoms with Crippen LogP contribution in [0.5, 0.6) is 5.75 Å². The van der Waals surface area contributed by atoms with E-state index in [0.717, 1.165) is 16.8 Å². The summed E-state index contributed by atoms with van der Waals surface area (Å²) in [4.78, 5) is 4.82. The van der Waals surface area contributed by atoms with Gasteiger partial charge < -0.3 is 4.74 Å².